The number of ether oxygens (including phenoxy) is 2. The van der Waals surface area contributed by atoms with Crippen LogP contribution in [0.5, 0.6) is 0 Å². The van der Waals surface area contributed by atoms with Crippen LogP contribution in [0.15, 0.2) is 18.2 Å². The van der Waals surface area contributed by atoms with Crippen molar-refractivity contribution < 1.29 is 14.3 Å². The van der Waals surface area contributed by atoms with Gasteiger partial charge in [0.1, 0.15) is 17.1 Å². The molecule has 7 nitrogen and oxygen atoms in total. The summed E-state index contributed by atoms with van der Waals surface area (Å²) in [4.78, 5) is 21.2. The number of amides is 1. The molecule has 1 aliphatic rings. The molecule has 2 aromatic heterocycles. The van der Waals surface area contributed by atoms with E-state index in [1.807, 2.05) is 20.8 Å². The van der Waals surface area contributed by atoms with Gasteiger partial charge in [-0.15, -0.1) is 0 Å². The lowest BCUT2D eigenvalue weighted by Gasteiger charge is -2.36. The van der Waals surface area contributed by atoms with E-state index >= 15 is 0 Å². The summed E-state index contributed by atoms with van der Waals surface area (Å²) < 4.78 is 13.1. The van der Waals surface area contributed by atoms with E-state index in [1.54, 1.807) is 12.0 Å². The van der Waals surface area contributed by atoms with Gasteiger partial charge in [0.25, 0.3) is 0 Å². The average Bonchev–Trinajstić information content (AvgIpc) is 2.95. The minimum absolute atomic E-state index is 0.217. The van der Waals surface area contributed by atoms with E-state index in [2.05, 4.69) is 41.5 Å². The SMILES string of the molecule is COCC(C)n1c(C)cc2ccc(N3CCN(C(=O)OC(C)(C)C)CC3)nc21. The van der Waals surface area contributed by atoms with Crippen molar-refractivity contribution in [1.82, 2.24) is 14.5 Å². The van der Waals surface area contributed by atoms with Crippen molar-refractivity contribution in [1.29, 1.82) is 0 Å². The molecule has 1 aliphatic heterocycles. The zero-order valence-corrected chi connectivity index (χ0v) is 17.9. The molecule has 0 saturated carbocycles. The molecule has 0 N–H and O–H groups in total. The molecule has 7 heteroatoms. The first-order chi connectivity index (χ1) is 13.2. The number of carbonyl (C=O) groups is 1. The van der Waals surface area contributed by atoms with E-state index in [-0.39, 0.29) is 12.1 Å². The Morgan fingerprint density at radius 2 is 1.89 bits per heavy atom. The summed E-state index contributed by atoms with van der Waals surface area (Å²) in [7, 11) is 1.72. The Labute approximate surface area is 167 Å². The molecule has 0 aromatic carbocycles. The number of rotatable bonds is 4. The number of nitrogens with zero attached hydrogens (tertiary/aromatic N) is 4. The molecule has 2 aromatic rings. The summed E-state index contributed by atoms with van der Waals surface area (Å²) in [6.45, 7) is 13.3. The number of fused-ring (bicyclic) bond motifs is 1. The molecule has 1 saturated heterocycles. The molecule has 1 fully saturated rings. The van der Waals surface area contributed by atoms with Crippen molar-refractivity contribution in [2.75, 3.05) is 44.8 Å². The maximum absolute atomic E-state index is 12.3. The third kappa shape index (κ3) is 4.41. The van der Waals surface area contributed by atoms with Crippen LogP contribution in [0.1, 0.15) is 39.4 Å². The molecular formula is C21H32N4O3. The summed E-state index contributed by atoms with van der Waals surface area (Å²) >= 11 is 0. The number of aromatic nitrogens is 2. The van der Waals surface area contributed by atoms with Gasteiger partial charge < -0.3 is 23.8 Å². The molecule has 1 unspecified atom stereocenters. The van der Waals surface area contributed by atoms with Gasteiger partial charge in [-0.1, -0.05) is 0 Å². The maximum atomic E-state index is 12.3. The average molecular weight is 389 g/mol. The van der Waals surface area contributed by atoms with Crippen molar-refractivity contribution in [3.63, 3.8) is 0 Å². The number of pyridine rings is 1. The number of hydrogen-bond acceptors (Lipinski definition) is 5. The molecule has 0 aliphatic carbocycles. The zero-order chi connectivity index (χ0) is 20.5. The second-order valence-corrected chi connectivity index (χ2v) is 8.50. The normalized spacial score (nSPS) is 16.5. The highest BCUT2D eigenvalue weighted by atomic mass is 16.6. The standard InChI is InChI=1S/C21H32N4O3/c1-15-13-17-7-8-18(22-19(17)25(15)16(2)14-27-6)23-9-11-24(12-10-23)20(26)28-21(3,4)5/h7-8,13,16H,9-12,14H2,1-6H3. The molecule has 28 heavy (non-hydrogen) atoms. The minimum Gasteiger partial charge on any atom is -0.444 e. The first kappa shape index (κ1) is 20.5. The quantitative estimate of drug-likeness (QED) is 0.801. The van der Waals surface area contributed by atoms with Crippen LogP contribution in [0.3, 0.4) is 0 Å². The van der Waals surface area contributed by atoms with E-state index in [0.29, 0.717) is 19.7 Å². The molecule has 0 radical (unpaired) electrons. The highest BCUT2D eigenvalue weighted by Gasteiger charge is 2.26. The molecular weight excluding hydrogens is 356 g/mol. The van der Waals surface area contributed by atoms with Gasteiger partial charge >= 0.3 is 6.09 Å². The van der Waals surface area contributed by atoms with Crippen molar-refractivity contribution in [2.45, 2.75) is 46.3 Å². The van der Waals surface area contributed by atoms with Crippen LogP contribution in [0.4, 0.5) is 10.6 Å². The second kappa shape index (κ2) is 7.99. The predicted molar refractivity (Wildman–Crippen MR) is 111 cm³/mol. The molecule has 3 heterocycles. The van der Waals surface area contributed by atoms with Crippen LogP contribution in [0, 0.1) is 6.92 Å². The predicted octanol–water partition coefficient (Wildman–Crippen LogP) is 3.61. The fourth-order valence-corrected chi connectivity index (χ4v) is 3.71. The summed E-state index contributed by atoms with van der Waals surface area (Å²) in [5, 5.41) is 1.14. The number of methoxy groups -OCH3 is 1. The van der Waals surface area contributed by atoms with Crippen molar-refractivity contribution in [3.05, 3.63) is 23.9 Å². The van der Waals surface area contributed by atoms with Crippen molar-refractivity contribution in [2.24, 2.45) is 0 Å². The van der Waals surface area contributed by atoms with Gasteiger partial charge in [-0.3, -0.25) is 0 Å². The Morgan fingerprint density at radius 3 is 2.50 bits per heavy atom. The number of aryl methyl sites for hydroxylation is 1. The van der Waals surface area contributed by atoms with Crippen LogP contribution in [0.2, 0.25) is 0 Å². The molecule has 0 bridgehead atoms. The first-order valence-electron chi connectivity index (χ1n) is 9.90. The van der Waals surface area contributed by atoms with Gasteiger partial charge in [0.05, 0.1) is 12.6 Å². The van der Waals surface area contributed by atoms with Gasteiger partial charge in [0.2, 0.25) is 0 Å². The van der Waals surface area contributed by atoms with E-state index in [1.165, 1.54) is 5.69 Å². The van der Waals surface area contributed by atoms with Crippen molar-refractivity contribution in [3.8, 4) is 0 Å². The van der Waals surface area contributed by atoms with Crippen molar-refractivity contribution >= 4 is 22.9 Å². The second-order valence-electron chi connectivity index (χ2n) is 8.50. The van der Waals surface area contributed by atoms with Gasteiger partial charge in [0.15, 0.2) is 0 Å². The fraction of sp³-hybridized carbons (Fsp3) is 0.619. The third-order valence-corrected chi connectivity index (χ3v) is 4.97. The molecule has 1 amide bonds. The largest absolute Gasteiger partial charge is 0.444 e. The van der Waals surface area contributed by atoms with Crippen LogP contribution in [0.25, 0.3) is 11.0 Å². The Bertz CT molecular complexity index is 832. The lowest BCUT2D eigenvalue weighted by Crippen LogP contribution is -2.50. The number of anilines is 1. The number of hydrogen-bond donors (Lipinski definition) is 0. The lowest BCUT2D eigenvalue weighted by atomic mass is 10.2. The highest BCUT2D eigenvalue weighted by molar-refractivity contribution is 5.79. The van der Waals surface area contributed by atoms with E-state index in [0.717, 1.165) is 29.9 Å². The highest BCUT2D eigenvalue weighted by Crippen LogP contribution is 2.26. The number of carbonyl (C=O) groups excluding carboxylic acids is 1. The van der Waals surface area contributed by atoms with Gasteiger partial charge in [-0.05, 0) is 52.8 Å². The summed E-state index contributed by atoms with van der Waals surface area (Å²) in [5.41, 5.74) is 1.69. The molecule has 3 rings (SSSR count). The Balaban J connectivity index is 1.74. The Kier molecular flexibility index (Phi) is 5.84. The monoisotopic (exact) mass is 388 g/mol. The molecule has 1 atom stereocenters. The van der Waals surface area contributed by atoms with Gasteiger partial charge in [0, 0.05) is 44.4 Å². The molecule has 0 spiro atoms. The van der Waals surface area contributed by atoms with Gasteiger partial charge in [-0.25, -0.2) is 9.78 Å². The topological polar surface area (TPSA) is 59.8 Å². The Hall–Kier alpha value is -2.28. The smallest absolute Gasteiger partial charge is 0.410 e. The van der Waals surface area contributed by atoms with E-state index < -0.39 is 5.60 Å². The number of piperazine rings is 1. The van der Waals surface area contributed by atoms with Crippen LogP contribution < -0.4 is 4.90 Å². The van der Waals surface area contributed by atoms with Gasteiger partial charge in [-0.2, -0.15) is 0 Å². The zero-order valence-electron chi connectivity index (χ0n) is 17.9. The van der Waals surface area contributed by atoms with Crippen LogP contribution >= 0.6 is 0 Å². The molecule has 154 valence electrons. The summed E-state index contributed by atoms with van der Waals surface area (Å²) in [5.74, 6) is 0.945. The maximum Gasteiger partial charge on any atom is 0.410 e. The minimum atomic E-state index is -0.469. The lowest BCUT2D eigenvalue weighted by molar-refractivity contribution is 0.0240. The summed E-state index contributed by atoms with van der Waals surface area (Å²) in [6.07, 6.45) is -0.242. The first-order valence-corrected chi connectivity index (χ1v) is 9.90. The van der Waals surface area contributed by atoms with E-state index in [9.17, 15) is 4.79 Å². The van der Waals surface area contributed by atoms with Crippen LogP contribution in [-0.2, 0) is 9.47 Å². The Morgan fingerprint density at radius 1 is 1.21 bits per heavy atom. The van der Waals surface area contributed by atoms with E-state index in [4.69, 9.17) is 14.5 Å². The fourth-order valence-electron chi connectivity index (χ4n) is 3.71. The van der Waals surface area contributed by atoms with Crippen LogP contribution in [-0.4, -0.2) is 66.0 Å². The summed E-state index contributed by atoms with van der Waals surface area (Å²) in [6, 6.07) is 6.57. The third-order valence-electron chi connectivity index (χ3n) is 4.97.